The summed E-state index contributed by atoms with van der Waals surface area (Å²) in [6, 6.07) is 8.03. The second kappa shape index (κ2) is 6.03. The molecule has 1 aromatic carbocycles. The monoisotopic (exact) mass is 235 g/mol. The summed E-state index contributed by atoms with van der Waals surface area (Å²) in [7, 11) is 1.69. The van der Waals surface area contributed by atoms with Crippen LogP contribution in [0, 0.1) is 5.92 Å². The Morgan fingerprint density at radius 2 is 2.06 bits per heavy atom. The van der Waals surface area contributed by atoms with E-state index in [-0.39, 0.29) is 12.5 Å². The van der Waals surface area contributed by atoms with E-state index in [0.717, 1.165) is 37.2 Å². The maximum atomic E-state index is 9.68. The Bertz CT molecular complexity index is 348. The Morgan fingerprint density at radius 1 is 1.35 bits per heavy atom. The first-order valence-electron chi connectivity index (χ1n) is 6.31. The molecular weight excluding hydrogens is 214 g/mol. The molecule has 2 rings (SSSR count). The van der Waals surface area contributed by atoms with Crippen LogP contribution in [0.25, 0.3) is 0 Å². The van der Waals surface area contributed by atoms with Crippen molar-refractivity contribution in [1.29, 1.82) is 0 Å². The SMILES string of the molecule is COc1ccccc1C(CO)C1CCNCC1. The fourth-order valence-corrected chi connectivity index (χ4v) is 2.72. The first-order valence-corrected chi connectivity index (χ1v) is 6.31. The summed E-state index contributed by atoms with van der Waals surface area (Å²) in [5.74, 6) is 1.65. The van der Waals surface area contributed by atoms with Gasteiger partial charge >= 0.3 is 0 Å². The van der Waals surface area contributed by atoms with E-state index in [1.807, 2.05) is 18.2 Å². The van der Waals surface area contributed by atoms with Crippen LogP contribution in [0.2, 0.25) is 0 Å². The van der Waals surface area contributed by atoms with Gasteiger partial charge in [0.1, 0.15) is 5.75 Å². The van der Waals surface area contributed by atoms with Crippen molar-refractivity contribution in [3.63, 3.8) is 0 Å². The highest BCUT2D eigenvalue weighted by Crippen LogP contribution is 2.35. The van der Waals surface area contributed by atoms with E-state index in [1.165, 1.54) is 0 Å². The second-order valence-electron chi connectivity index (χ2n) is 4.62. The minimum Gasteiger partial charge on any atom is -0.496 e. The van der Waals surface area contributed by atoms with Crippen molar-refractivity contribution in [2.24, 2.45) is 5.92 Å². The summed E-state index contributed by atoms with van der Waals surface area (Å²) in [5.41, 5.74) is 1.14. The highest BCUT2D eigenvalue weighted by atomic mass is 16.5. The summed E-state index contributed by atoms with van der Waals surface area (Å²) in [6.07, 6.45) is 2.26. The molecule has 1 fully saturated rings. The minimum atomic E-state index is 0.199. The van der Waals surface area contributed by atoms with E-state index in [1.54, 1.807) is 7.11 Å². The molecule has 1 heterocycles. The summed E-state index contributed by atoms with van der Waals surface area (Å²) < 4.78 is 5.39. The Labute approximate surface area is 103 Å². The number of aliphatic hydroxyl groups excluding tert-OH is 1. The summed E-state index contributed by atoms with van der Waals surface area (Å²) in [5, 5.41) is 13.0. The molecule has 0 radical (unpaired) electrons. The van der Waals surface area contributed by atoms with Crippen LogP contribution in [-0.4, -0.2) is 31.9 Å². The molecule has 1 atom stereocenters. The van der Waals surface area contributed by atoms with Gasteiger partial charge in [-0.1, -0.05) is 18.2 Å². The first kappa shape index (κ1) is 12.4. The van der Waals surface area contributed by atoms with Gasteiger partial charge in [-0.05, 0) is 43.5 Å². The molecule has 1 unspecified atom stereocenters. The number of aliphatic hydroxyl groups is 1. The van der Waals surface area contributed by atoms with Gasteiger partial charge in [0.05, 0.1) is 13.7 Å². The van der Waals surface area contributed by atoms with E-state index in [4.69, 9.17) is 4.74 Å². The van der Waals surface area contributed by atoms with Crippen molar-refractivity contribution in [3.05, 3.63) is 29.8 Å². The van der Waals surface area contributed by atoms with Crippen molar-refractivity contribution in [3.8, 4) is 5.75 Å². The Hall–Kier alpha value is -1.06. The molecule has 1 aromatic rings. The molecule has 2 N–H and O–H groups in total. The highest BCUT2D eigenvalue weighted by Gasteiger charge is 2.26. The van der Waals surface area contributed by atoms with Gasteiger partial charge < -0.3 is 15.2 Å². The van der Waals surface area contributed by atoms with E-state index in [0.29, 0.717) is 5.92 Å². The van der Waals surface area contributed by atoms with Crippen molar-refractivity contribution >= 4 is 0 Å². The third kappa shape index (κ3) is 2.79. The lowest BCUT2D eigenvalue weighted by molar-refractivity contribution is 0.198. The topological polar surface area (TPSA) is 41.5 Å². The smallest absolute Gasteiger partial charge is 0.122 e. The number of para-hydroxylation sites is 1. The van der Waals surface area contributed by atoms with Crippen molar-refractivity contribution in [2.75, 3.05) is 26.8 Å². The lowest BCUT2D eigenvalue weighted by Crippen LogP contribution is -2.32. The number of benzene rings is 1. The number of nitrogens with one attached hydrogen (secondary N) is 1. The Balaban J connectivity index is 2.21. The maximum absolute atomic E-state index is 9.68. The zero-order chi connectivity index (χ0) is 12.1. The van der Waals surface area contributed by atoms with E-state index >= 15 is 0 Å². The van der Waals surface area contributed by atoms with Crippen LogP contribution >= 0.6 is 0 Å². The molecule has 0 aliphatic carbocycles. The van der Waals surface area contributed by atoms with Gasteiger partial charge in [0.25, 0.3) is 0 Å². The molecule has 17 heavy (non-hydrogen) atoms. The molecule has 3 heteroatoms. The lowest BCUT2D eigenvalue weighted by Gasteiger charge is -2.30. The summed E-state index contributed by atoms with van der Waals surface area (Å²) in [6.45, 7) is 2.30. The number of methoxy groups -OCH3 is 1. The van der Waals surface area contributed by atoms with Gasteiger partial charge in [0, 0.05) is 5.92 Å². The zero-order valence-electron chi connectivity index (χ0n) is 10.4. The zero-order valence-corrected chi connectivity index (χ0v) is 10.4. The molecule has 0 amide bonds. The Kier molecular flexibility index (Phi) is 4.40. The minimum absolute atomic E-state index is 0.199. The molecule has 94 valence electrons. The maximum Gasteiger partial charge on any atom is 0.122 e. The van der Waals surface area contributed by atoms with Gasteiger partial charge in [-0.25, -0.2) is 0 Å². The molecule has 3 nitrogen and oxygen atoms in total. The summed E-state index contributed by atoms with van der Waals surface area (Å²) in [4.78, 5) is 0. The van der Waals surface area contributed by atoms with Crippen LogP contribution in [0.3, 0.4) is 0 Å². The predicted molar refractivity (Wildman–Crippen MR) is 68.4 cm³/mol. The number of hydrogen-bond donors (Lipinski definition) is 2. The third-order valence-electron chi connectivity index (χ3n) is 3.69. The van der Waals surface area contributed by atoms with Crippen molar-refractivity contribution in [1.82, 2.24) is 5.32 Å². The third-order valence-corrected chi connectivity index (χ3v) is 3.69. The normalized spacial score (nSPS) is 18.9. The average molecular weight is 235 g/mol. The fraction of sp³-hybridized carbons (Fsp3) is 0.571. The highest BCUT2D eigenvalue weighted by molar-refractivity contribution is 5.36. The molecule has 0 spiro atoms. The van der Waals surface area contributed by atoms with Crippen molar-refractivity contribution < 1.29 is 9.84 Å². The predicted octanol–water partition coefficient (Wildman–Crippen LogP) is 1.77. The average Bonchev–Trinajstić information content (AvgIpc) is 2.41. The number of ether oxygens (including phenoxy) is 1. The Morgan fingerprint density at radius 3 is 2.71 bits per heavy atom. The number of piperidine rings is 1. The van der Waals surface area contributed by atoms with Crippen LogP contribution in [0.15, 0.2) is 24.3 Å². The van der Waals surface area contributed by atoms with Crippen molar-refractivity contribution in [2.45, 2.75) is 18.8 Å². The van der Waals surface area contributed by atoms with Crippen LogP contribution in [0.4, 0.5) is 0 Å². The van der Waals surface area contributed by atoms with Crippen LogP contribution in [-0.2, 0) is 0 Å². The summed E-state index contributed by atoms with van der Waals surface area (Å²) >= 11 is 0. The van der Waals surface area contributed by atoms with Gasteiger partial charge in [-0.15, -0.1) is 0 Å². The van der Waals surface area contributed by atoms with Gasteiger partial charge in [-0.2, -0.15) is 0 Å². The number of hydrogen-bond acceptors (Lipinski definition) is 3. The quantitative estimate of drug-likeness (QED) is 0.835. The van der Waals surface area contributed by atoms with Gasteiger partial charge in [-0.3, -0.25) is 0 Å². The molecule has 1 aliphatic heterocycles. The molecular formula is C14H21NO2. The molecule has 1 aliphatic rings. The van der Waals surface area contributed by atoms with E-state index in [2.05, 4.69) is 11.4 Å². The van der Waals surface area contributed by atoms with Crippen LogP contribution in [0.1, 0.15) is 24.3 Å². The van der Waals surface area contributed by atoms with E-state index in [9.17, 15) is 5.11 Å². The molecule has 1 saturated heterocycles. The molecule has 0 saturated carbocycles. The molecule has 0 bridgehead atoms. The van der Waals surface area contributed by atoms with Crippen LogP contribution < -0.4 is 10.1 Å². The van der Waals surface area contributed by atoms with Gasteiger partial charge in [0.15, 0.2) is 0 Å². The van der Waals surface area contributed by atoms with Gasteiger partial charge in [0.2, 0.25) is 0 Å². The van der Waals surface area contributed by atoms with E-state index < -0.39 is 0 Å². The lowest BCUT2D eigenvalue weighted by atomic mass is 9.80. The fourth-order valence-electron chi connectivity index (χ4n) is 2.72. The van der Waals surface area contributed by atoms with Crippen LogP contribution in [0.5, 0.6) is 5.75 Å². The number of rotatable bonds is 4. The standard InChI is InChI=1S/C14H21NO2/c1-17-14-5-3-2-4-12(14)13(10-16)11-6-8-15-9-7-11/h2-5,11,13,15-16H,6-10H2,1H3. The second-order valence-corrected chi connectivity index (χ2v) is 4.62. The molecule has 0 aromatic heterocycles. The largest absolute Gasteiger partial charge is 0.496 e. The first-order chi connectivity index (χ1) is 8.36.